The number of anilines is 1. The first-order chi connectivity index (χ1) is 17.0. The monoisotopic (exact) mass is 531 g/mol. The van der Waals surface area contributed by atoms with E-state index in [0.29, 0.717) is 18.7 Å². The third-order valence-corrected chi connectivity index (χ3v) is 6.39. The molecule has 1 N–H and O–H groups in total. The van der Waals surface area contributed by atoms with Gasteiger partial charge in [-0.05, 0) is 60.0 Å². The highest BCUT2D eigenvalue weighted by molar-refractivity contribution is 5.85. The number of hydrogen-bond acceptors (Lipinski definition) is 4. The van der Waals surface area contributed by atoms with Crippen molar-refractivity contribution in [3.8, 4) is 17.2 Å². The maximum Gasteiger partial charge on any atom is 0.250 e. The highest BCUT2D eigenvalue weighted by atomic mass is 35.5. The van der Waals surface area contributed by atoms with E-state index in [1.807, 2.05) is 61.1 Å². The second-order valence-corrected chi connectivity index (χ2v) is 8.68. The van der Waals surface area contributed by atoms with Crippen LogP contribution in [0.3, 0.4) is 0 Å². The van der Waals surface area contributed by atoms with Crippen LogP contribution in [0.15, 0.2) is 90.1 Å². The fourth-order valence-corrected chi connectivity index (χ4v) is 4.41. The van der Waals surface area contributed by atoms with Gasteiger partial charge in [0.05, 0.1) is 35.7 Å². The molecule has 6 nitrogen and oxygen atoms in total. The van der Waals surface area contributed by atoms with E-state index in [9.17, 15) is 10.1 Å². The number of aryl methyl sites for hydroxylation is 2. The summed E-state index contributed by atoms with van der Waals surface area (Å²) in [6.45, 7) is 3.33. The Morgan fingerprint density at radius 2 is 1.78 bits per heavy atom. The van der Waals surface area contributed by atoms with Gasteiger partial charge in [0.2, 0.25) is 0 Å². The van der Waals surface area contributed by atoms with E-state index in [0.717, 1.165) is 44.5 Å². The summed E-state index contributed by atoms with van der Waals surface area (Å²) in [6, 6.07) is 25.9. The first kappa shape index (κ1) is 27.5. The minimum Gasteiger partial charge on any atom is -0.379 e. The lowest BCUT2D eigenvalue weighted by Crippen LogP contribution is -2.15. The molecule has 5 aromatic rings. The van der Waals surface area contributed by atoms with Gasteiger partial charge in [0, 0.05) is 42.5 Å². The highest BCUT2D eigenvalue weighted by Gasteiger charge is 2.10. The molecule has 2 aromatic heterocycles. The smallest absolute Gasteiger partial charge is 0.250 e. The summed E-state index contributed by atoms with van der Waals surface area (Å²) < 4.78 is 3.76. The van der Waals surface area contributed by atoms with E-state index in [4.69, 9.17) is 0 Å². The lowest BCUT2D eigenvalue weighted by molar-refractivity contribution is 0.749. The number of nitriles is 1. The Kier molecular flexibility index (Phi) is 8.77. The van der Waals surface area contributed by atoms with E-state index in [1.54, 1.807) is 17.7 Å². The van der Waals surface area contributed by atoms with E-state index in [-0.39, 0.29) is 30.4 Å². The van der Waals surface area contributed by atoms with Crippen molar-refractivity contribution in [3.63, 3.8) is 0 Å². The number of nitrogens with zero attached hydrogens (tertiary/aromatic N) is 4. The number of pyridine rings is 1. The van der Waals surface area contributed by atoms with Crippen LogP contribution in [-0.4, -0.2) is 14.1 Å². The van der Waals surface area contributed by atoms with Crippen LogP contribution in [0.4, 0.5) is 5.69 Å². The van der Waals surface area contributed by atoms with Crippen molar-refractivity contribution in [1.29, 1.82) is 5.26 Å². The zero-order valence-corrected chi connectivity index (χ0v) is 22.1. The van der Waals surface area contributed by atoms with Gasteiger partial charge in [0.1, 0.15) is 0 Å². The van der Waals surface area contributed by atoms with Crippen LogP contribution in [-0.2, 0) is 20.1 Å². The predicted molar refractivity (Wildman–Crippen MR) is 154 cm³/mol. The fraction of sp³-hybridized carbons (Fsp3) is 0.138. The standard InChI is InChI=1S/C29H25N5O.2ClH/c1-20-5-3-4-6-26(20)27-13-21(7-8-23(27)15-30)18-34-19-31-16-25(34)17-32-24-10-11-28-22(14-24)9-12-29(35)33(28)2;;/h3-14,16,19,32H,17-18H2,1-2H3;2*1H. The SMILES string of the molecule is Cc1ccccc1-c1cc(Cn2cncc2CNc2ccc3c(ccc(=O)n3C)c2)ccc1C#N.Cl.Cl. The van der Waals surface area contributed by atoms with Crippen LogP contribution < -0.4 is 10.9 Å². The average molecular weight is 532 g/mol. The Morgan fingerprint density at radius 3 is 2.57 bits per heavy atom. The molecule has 2 heterocycles. The summed E-state index contributed by atoms with van der Waals surface area (Å²) in [5.41, 5.74) is 7.85. The maximum absolute atomic E-state index is 11.9. The van der Waals surface area contributed by atoms with Gasteiger partial charge >= 0.3 is 0 Å². The highest BCUT2D eigenvalue weighted by Crippen LogP contribution is 2.28. The van der Waals surface area contributed by atoms with Gasteiger partial charge in [0.25, 0.3) is 5.56 Å². The van der Waals surface area contributed by atoms with Crippen molar-refractivity contribution in [2.75, 3.05) is 5.32 Å². The van der Waals surface area contributed by atoms with Crippen LogP contribution in [0.2, 0.25) is 0 Å². The van der Waals surface area contributed by atoms with Gasteiger partial charge in [-0.3, -0.25) is 4.79 Å². The third-order valence-electron chi connectivity index (χ3n) is 6.39. The molecule has 0 atom stereocenters. The number of nitrogens with one attached hydrogen (secondary N) is 1. The minimum absolute atomic E-state index is 0. The summed E-state index contributed by atoms with van der Waals surface area (Å²) in [5.74, 6) is 0. The maximum atomic E-state index is 11.9. The molecule has 188 valence electrons. The third kappa shape index (κ3) is 5.69. The molecule has 5 rings (SSSR count). The Balaban J connectivity index is 0.00000190. The van der Waals surface area contributed by atoms with Crippen molar-refractivity contribution >= 4 is 41.4 Å². The quantitative estimate of drug-likeness (QED) is 0.287. The molecule has 0 radical (unpaired) electrons. The van der Waals surface area contributed by atoms with Crippen molar-refractivity contribution in [2.24, 2.45) is 7.05 Å². The molecular weight excluding hydrogens is 505 g/mol. The molecule has 0 aliphatic rings. The number of hydrogen-bond donors (Lipinski definition) is 1. The van der Waals surface area contributed by atoms with Crippen LogP contribution in [0, 0.1) is 18.3 Å². The Labute approximate surface area is 228 Å². The molecule has 0 amide bonds. The molecule has 3 aromatic carbocycles. The molecular formula is C29H27Cl2N5O. The van der Waals surface area contributed by atoms with Gasteiger partial charge in [-0.1, -0.05) is 30.3 Å². The zero-order valence-electron chi connectivity index (χ0n) is 20.5. The number of halogens is 2. The van der Waals surface area contributed by atoms with Crippen LogP contribution >= 0.6 is 24.8 Å². The normalized spacial score (nSPS) is 10.3. The molecule has 0 saturated carbocycles. The molecule has 0 aliphatic carbocycles. The van der Waals surface area contributed by atoms with Gasteiger partial charge in [0.15, 0.2) is 0 Å². The summed E-state index contributed by atoms with van der Waals surface area (Å²) in [4.78, 5) is 16.2. The number of rotatable bonds is 6. The molecule has 0 saturated heterocycles. The zero-order chi connectivity index (χ0) is 24.4. The fourth-order valence-electron chi connectivity index (χ4n) is 4.41. The van der Waals surface area contributed by atoms with Crippen LogP contribution in [0.5, 0.6) is 0 Å². The van der Waals surface area contributed by atoms with E-state index in [2.05, 4.69) is 46.1 Å². The Bertz CT molecular complexity index is 1650. The first-order valence-corrected chi connectivity index (χ1v) is 11.5. The number of fused-ring (bicyclic) bond motifs is 1. The molecule has 0 unspecified atom stereocenters. The molecule has 0 fully saturated rings. The van der Waals surface area contributed by atoms with E-state index < -0.39 is 0 Å². The van der Waals surface area contributed by atoms with Gasteiger partial charge in [-0.15, -0.1) is 24.8 Å². The van der Waals surface area contributed by atoms with Crippen molar-refractivity contribution in [1.82, 2.24) is 14.1 Å². The second kappa shape index (κ2) is 11.8. The van der Waals surface area contributed by atoms with Crippen LogP contribution in [0.1, 0.15) is 22.4 Å². The number of imidazole rings is 1. The first-order valence-electron chi connectivity index (χ1n) is 11.5. The largest absolute Gasteiger partial charge is 0.379 e. The van der Waals surface area contributed by atoms with Crippen molar-refractivity contribution in [3.05, 3.63) is 118 Å². The van der Waals surface area contributed by atoms with Crippen molar-refractivity contribution < 1.29 is 0 Å². The van der Waals surface area contributed by atoms with E-state index >= 15 is 0 Å². The predicted octanol–water partition coefficient (Wildman–Crippen LogP) is 6.09. The van der Waals surface area contributed by atoms with E-state index in [1.165, 1.54) is 0 Å². The molecule has 8 heteroatoms. The van der Waals surface area contributed by atoms with Crippen LogP contribution in [0.25, 0.3) is 22.0 Å². The van der Waals surface area contributed by atoms with Gasteiger partial charge in [-0.25, -0.2) is 4.98 Å². The summed E-state index contributed by atoms with van der Waals surface area (Å²) >= 11 is 0. The number of aromatic nitrogens is 3. The number of benzene rings is 3. The van der Waals surface area contributed by atoms with Gasteiger partial charge < -0.3 is 14.5 Å². The topological polar surface area (TPSA) is 75.6 Å². The summed E-state index contributed by atoms with van der Waals surface area (Å²) in [7, 11) is 1.78. The average Bonchev–Trinajstić information content (AvgIpc) is 3.32. The van der Waals surface area contributed by atoms with Crippen molar-refractivity contribution in [2.45, 2.75) is 20.0 Å². The lowest BCUT2D eigenvalue weighted by atomic mass is 9.94. The summed E-state index contributed by atoms with van der Waals surface area (Å²) in [5, 5.41) is 14.1. The Morgan fingerprint density at radius 1 is 0.973 bits per heavy atom. The minimum atomic E-state index is -0.0181. The Hall–Kier alpha value is -4.05. The van der Waals surface area contributed by atoms with Gasteiger partial charge in [-0.2, -0.15) is 5.26 Å². The summed E-state index contributed by atoms with van der Waals surface area (Å²) in [6.07, 6.45) is 3.70. The molecule has 37 heavy (non-hydrogen) atoms. The second-order valence-electron chi connectivity index (χ2n) is 8.68. The lowest BCUT2D eigenvalue weighted by Gasteiger charge is -2.13. The molecule has 0 bridgehead atoms. The molecule has 0 aliphatic heterocycles. The molecule has 0 spiro atoms.